The molecule has 1 unspecified atom stereocenters. The summed E-state index contributed by atoms with van der Waals surface area (Å²) in [5.41, 5.74) is 0. The van der Waals surface area contributed by atoms with Crippen LogP contribution in [0, 0.1) is 11.8 Å². The standard InChI is InChI=1S/C14H29N3O/c1-5-8-16-14(15-6-2)17-11-13(7-9-18)10-12(3)4/h5,12-13,18H,1,6-11H2,2-4H3,(H2,15,16,17). The summed E-state index contributed by atoms with van der Waals surface area (Å²) < 4.78 is 0. The second-order valence-electron chi connectivity index (χ2n) is 4.90. The molecule has 1 atom stereocenters. The van der Waals surface area contributed by atoms with E-state index < -0.39 is 0 Å². The molecule has 0 aliphatic rings. The van der Waals surface area contributed by atoms with Crippen molar-refractivity contribution in [2.24, 2.45) is 16.8 Å². The molecule has 0 heterocycles. The fourth-order valence-corrected chi connectivity index (χ4v) is 1.86. The van der Waals surface area contributed by atoms with Gasteiger partial charge in [-0.2, -0.15) is 0 Å². The molecule has 0 fully saturated rings. The summed E-state index contributed by atoms with van der Waals surface area (Å²) >= 11 is 0. The molecule has 0 aliphatic carbocycles. The van der Waals surface area contributed by atoms with Crippen LogP contribution in [0.5, 0.6) is 0 Å². The first-order valence-corrected chi connectivity index (χ1v) is 6.87. The molecule has 18 heavy (non-hydrogen) atoms. The van der Waals surface area contributed by atoms with E-state index in [2.05, 4.69) is 36.1 Å². The van der Waals surface area contributed by atoms with Crippen LogP contribution >= 0.6 is 0 Å². The Hall–Kier alpha value is -1.03. The molecule has 3 N–H and O–H groups in total. The van der Waals surface area contributed by atoms with Gasteiger partial charge in [-0.05, 0) is 31.6 Å². The first kappa shape index (κ1) is 17.0. The summed E-state index contributed by atoms with van der Waals surface area (Å²) in [5.74, 6) is 1.92. The Morgan fingerprint density at radius 2 is 2.11 bits per heavy atom. The van der Waals surface area contributed by atoms with Crippen LogP contribution in [-0.2, 0) is 0 Å². The van der Waals surface area contributed by atoms with Crippen molar-refractivity contribution in [1.82, 2.24) is 10.6 Å². The second kappa shape index (κ2) is 11.1. The van der Waals surface area contributed by atoms with Crippen molar-refractivity contribution in [2.75, 3.05) is 26.2 Å². The number of nitrogens with one attached hydrogen (secondary N) is 2. The van der Waals surface area contributed by atoms with Gasteiger partial charge in [-0.1, -0.05) is 19.9 Å². The van der Waals surface area contributed by atoms with E-state index in [9.17, 15) is 0 Å². The largest absolute Gasteiger partial charge is 0.396 e. The Morgan fingerprint density at radius 1 is 1.39 bits per heavy atom. The van der Waals surface area contributed by atoms with Crippen molar-refractivity contribution < 1.29 is 5.11 Å². The first-order valence-electron chi connectivity index (χ1n) is 6.87. The lowest BCUT2D eigenvalue weighted by Gasteiger charge is -2.17. The molecule has 0 aromatic heterocycles. The van der Waals surface area contributed by atoms with E-state index in [1.165, 1.54) is 0 Å². The summed E-state index contributed by atoms with van der Waals surface area (Å²) in [5, 5.41) is 15.4. The third-order valence-electron chi connectivity index (χ3n) is 2.61. The molecule has 0 spiro atoms. The number of aliphatic imine (C=N–C) groups is 1. The van der Waals surface area contributed by atoms with Crippen LogP contribution in [-0.4, -0.2) is 37.3 Å². The Labute approximate surface area is 112 Å². The minimum absolute atomic E-state index is 0.240. The van der Waals surface area contributed by atoms with E-state index in [0.29, 0.717) is 18.4 Å². The Morgan fingerprint density at radius 3 is 2.61 bits per heavy atom. The minimum Gasteiger partial charge on any atom is -0.396 e. The number of nitrogens with zero attached hydrogens (tertiary/aromatic N) is 1. The molecule has 0 rings (SSSR count). The number of hydrogen-bond donors (Lipinski definition) is 3. The zero-order valence-electron chi connectivity index (χ0n) is 12.1. The molecule has 0 amide bonds. The van der Waals surface area contributed by atoms with E-state index in [-0.39, 0.29) is 6.61 Å². The predicted octanol–water partition coefficient (Wildman–Crippen LogP) is 1.77. The smallest absolute Gasteiger partial charge is 0.191 e. The molecule has 0 aliphatic heterocycles. The third-order valence-corrected chi connectivity index (χ3v) is 2.61. The van der Waals surface area contributed by atoms with E-state index >= 15 is 0 Å². The van der Waals surface area contributed by atoms with Crippen molar-refractivity contribution in [3.05, 3.63) is 12.7 Å². The highest BCUT2D eigenvalue weighted by Crippen LogP contribution is 2.15. The van der Waals surface area contributed by atoms with Gasteiger partial charge < -0.3 is 15.7 Å². The summed E-state index contributed by atoms with van der Waals surface area (Å²) in [6.45, 7) is 12.7. The van der Waals surface area contributed by atoms with Crippen molar-refractivity contribution >= 4 is 5.96 Å². The van der Waals surface area contributed by atoms with Crippen LogP contribution in [0.4, 0.5) is 0 Å². The van der Waals surface area contributed by atoms with Gasteiger partial charge in [-0.25, -0.2) is 0 Å². The van der Waals surface area contributed by atoms with Gasteiger partial charge in [0, 0.05) is 26.2 Å². The molecule has 4 heteroatoms. The molecule has 4 nitrogen and oxygen atoms in total. The maximum atomic E-state index is 9.07. The highest BCUT2D eigenvalue weighted by molar-refractivity contribution is 5.79. The minimum atomic E-state index is 0.240. The topological polar surface area (TPSA) is 56.7 Å². The molecule has 0 saturated carbocycles. The number of aliphatic hydroxyl groups excluding tert-OH is 1. The second-order valence-corrected chi connectivity index (χ2v) is 4.90. The molecule has 0 aromatic carbocycles. The monoisotopic (exact) mass is 255 g/mol. The van der Waals surface area contributed by atoms with E-state index in [0.717, 1.165) is 31.9 Å². The van der Waals surface area contributed by atoms with Gasteiger partial charge in [0.05, 0.1) is 0 Å². The molecule has 0 bridgehead atoms. The van der Waals surface area contributed by atoms with Crippen LogP contribution in [0.3, 0.4) is 0 Å². The zero-order valence-corrected chi connectivity index (χ0v) is 12.1. The van der Waals surface area contributed by atoms with Gasteiger partial charge in [0.1, 0.15) is 0 Å². The van der Waals surface area contributed by atoms with E-state index in [1.54, 1.807) is 0 Å². The van der Waals surface area contributed by atoms with Crippen LogP contribution in [0.25, 0.3) is 0 Å². The summed E-state index contributed by atoms with van der Waals surface area (Å²) in [6.07, 6.45) is 3.74. The van der Waals surface area contributed by atoms with Gasteiger partial charge in [-0.3, -0.25) is 4.99 Å². The number of guanidine groups is 1. The van der Waals surface area contributed by atoms with Gasteiger partial charge >= 0.3 is 0 Å². The molecule has 106 valence electrons. The van der Waals surface area contributed by atoms with Crippen molar-refractivity contribution in [3.63, 3.8) is 0 Å². The lowest BCUT2D eigenvalue weighted by atomic mass is 9.94. The summed E-state index contributed by atoms with van der Waals surface area (Å²) in [6, 6.07) is 0. The molecule has 0 saturated heterocycles. The Bertz CT molecular complexity index is 239. The lowest BCUT2D eigenvalue weighted by molar-refractivity contribution is 0.245. The maximum Gasteiger partial charge on any atom is 0.191 e. The Kier molecular flexibility index (Phi) is 10.4. The van der Waals surface area contributed by atoms with E-state index in [4.69, 9.17) is 5.11 Å². The molecule has 0 aromatic rings. The number of rotatable bonds is 9. The van der Waals surface area contributed by atoms with Crippen molar-refractivity contribution in [3.8, 4) is 0 Å². The maximum absolute atomic E-state index is 9.07. The van der Waals surface area contributed by atoms with Crippen LogP contribution in [0.15, 0.2) is 17.6 Å². The number of aliphatic hydroxyl groups is 1. The SMILES string of the molecule is C=CCNC(=NCC(CCO)CC(C)C)NCC. The van der Waals surface area contributed by atoms with Crippen LogP contribution in [0.1, 0.15) is 33.6 Å². The third kappa shape index (κ3) is 9.05. The highest BCUT2D eigenvalue weighted by Gasteiger charge is 2.10. The van der Waals surface area contributed by atoms with Crippen LogP contribution < -0.4 is 10.6 Å². The van der Waals surface area contributed by atoms with Gasteiger partial charge in [0.2, 0.25) is 0 Å². The lowest BCUT2D eigenvalue weighted by Crippen LogP contribution is -2.37. The quantitative estimate of drug-likeness (QED) is 0.334. The molecular weight excluding hydrogens is 226 g/mol. The Balaban J connectivity index is 4.31. The van der Waals surface area contributed by atoms with Gasteiger partial charge in [0.15, 0.2) is 5.96 Å². The first-order chi connectivity index (χ1) is 8.63. The predicted molar refractivity (Wildman–Crippen MR) is 78.8 cm³/mol. The fraction of sp³-hybridized carbons (Fsp3) is 0.786. The highest BCUT2D eigenvalue weighted by atomic mass is 16.3. The van der Waals surface area contributed by atoms with Gasteiger partial charge in [0.25, 0.3) is 0 Å². The van der Waals surface area contributed by atoms with E-state index in [1.807, 2.05) is 13.0 Å². The van der Waals surface area contributed by atoms with Crippen LogP contribution in [0.2, 0.25) is 0 Å². The van der Waals surface area contributed by atoms with Gasteiger partial charge in [-0.15, -0.1) is 6.58 Å². The molecular formula is C14H29N3O. The van der Waals surface area contributed by atoms with Crippen molar-refractivity contribution in [1.29, 1.82) is 0 Å². The number of hydrogen-bond acceptors (Lipinski definition) is 2. The zero-order chi connectivity index (χ0) is 13.8. The molecule has 0 radical (unpaired) electrons. The van der Waals surface area contributed by atoms with Crippen molar-refractivity contribution in [2.45, 2.75) is 33.6 Å². The summed E-state index contributed by atoms with van der Waals surface area (Å²) in [4.78, 5) is 4.56. The fourth-order valence-electron chi connectivity index (χ4n) is 1.86. The summed E-state index contributed by atoms with van der Waals surface area (Å²) in [7, 11) is 0. The average molecular weight is 255 g/mol. The average Bonchev–Trinajstić information content (AvgIpc) is 2.32. The normalized spacial score (nSPS) is 13.5.